The van der Waals surface area contributed by atoms with Crippen molar-refractivity contribution in [3.8, 4) is 0 Å². The molecular formula is C13H19BrN2O2S. The second-order valence-electron chi connectivity index (χ2n) is 5.05. The topological polar surface area (TPSA) is 59.1 Å². The number of aryl methyl sites for hydroxylation is 1. The van der Waals surface area contributed by atoms with E-state index < -0.39 is 10.0 Å². The van der Waals surface area contributed by atoms with Gasteiger partial charge in [-0.15, -0.1) is 0 Å². The van der Waals surface area contributed by atoms with Crippen molar-refractivity contribution < 1.29 is 8.42 Å². The molecule has 0 saturated heterocycles. The number of hydrogen-bond donors (Lipinski definition) is 1. The third-order valence-corrected chi connectivity index (χ3v) is 5.66. The lowest BCUT2D eigenvalue weighted by molar-refractivity contribution is 0.520. The van der Waals surface area contributed by atoms with Crippen LogP contribution in [0.1, 0.15) is 24.8 Å². The van der Waals surface area contributed by atoms with Crippen molar-refractivity contribution in [2.24, 2.45) is 5.92 Å². The first kappa shape index (κ1) is 14.9. The van der Waals surface area contributed by atoms with E-state index in [2.05, 4.69) is 25.6 Å². The monoisotopic (exact) mass is 346 g/mol. The van der Waals surface area contributed by atoms with E-state index in [0.717, 1.165) is 24.8 Å². The van der Waals surface area contributed by atoms with Crippen LogP contribution in [0, 0.1) is 5.92 Å². The molecule has 106 valence electrons. The molecule has 1 aliphatic carbocycles. The van der Waals surface area contributed by atoms with Crippen molar-refractivity contribution in [2.45, 2.75) is 30.5 Å². The molecule has 1 heterocycles. The van der Waals surface area contributed by atoms with Crippen LogP contribution >= 0.6 is 15.9 Å². The van der Waals surface area contributed by atoms with Crippen LogP contribution in [-0.2, 0) is 16.4 Å². The minimum absolute atomic E-state index is 0.140. The fraction of sp³-hybridized carbons (Fsp3) is 0.615. The minimum Gasteiger partial charge on any atom is -0.265 e. The Morgan fingerprint density at radius 1 is 1.32 bits per heavy atom. The van der Waals surface area contributed by atoms with Crippen LogP contribution in [0.2, 0.25) is 0 Å². The van der Waals surface area contributed by atoms with Crippen LogP contribution in [-0.4, -0.2) is 30.5 Å². The average Bonchev–Trinajstić information content (AvgIpc) is 2.82. The van der Waals surface area contributed by atoms with E-state index in [1.807, 2.05) is 12.1 Å². The second-order valence-corrected chi connectivity index (χ2v) is 8.27. The number of nitrogens with one attached hydrogen (secondary N) is 1. The van der Waals surface area contributed by atoms with Crippen LogP contribution in [0.3, 0.4) is 0 Å². The Kier molecular flexibility index (Phi) is 5.36. The van der Waals surface area contributed by atoms with Gasteiger partial charge in [0.05, 0.1) is 5.75 Å². The third-order valence-electron chi connectivity index (χ3n) is 3.48. The zero-order chi connectivity index (χ0) is 13.7. The highest BCUT2D eigenvalue weighted by molar-refractivity contribution is 9.09. The van der Waals surface area contributed by atoms with Gasteiger partial charge in [-0.25, -0.2) is 13.1 Å². The summed E-state index contributed by atoms with van der Waals surface area (Å²) < 4.78 is 26.5. The van der Waals surface area contributed by atoms with Crippen molar-refractivity contribution in [3.05, 3.63) is 30.1 Å². The lowest BCUT2D eigenvalue weighted by Crippen LogP contribution is -2.31. The Morgan fingerprint density at radius 2 is 2.05 bits per heavy atom. The molecule has 6 heteroatoms. The van der Waals surface area contributed by atoms with E-state index >= 15 is 0 Å². The molecule has 0 aromatic carbocycles. The molecule has 1 N–H and O–H groups in total. The van der Waals surface area contributed by atoms with Crippen LogP contribution in [0.4, 0.5) is 0 Å². The molecule has 0 aliphatic heterocycles. The second kappa shape index (κ2) is 6.81. The first-order valence-corrected chi connectivity index (χ1v) is 9.12. The van der Waals surface area contributed by atoms with E-state index in [1.54, 1.807) is 12.4 Å². The lowest BCUT2D eigenvalue weighted by atomic mass is 10.1. The van der Waals surface area contributed by atoms with Crippen LogP contribution in [0.25, 0.3) is 0 Å². The SMILES string of the molecule is O=S(=O)(CCc1ccncc1)NCC1CCC(Br)C1. The molecule has 1 aromatic heterocycles. The maximum atomic E-state index is 11.9. The molecule has 0 amide bonds. The van der Waals surface area contributed by atoms with Crippen LogP contribution in [0.15, 0.2) is 24.5 Å². The van der Waals surface area contributed by atoms with Gasteiger partial charge in [0.1, 0.15) is 0 Å². The van der Waals surface area contributed by atoms with Crippen LogP contribution in [0.5, 0.6) is 0 Å². The van der Waals surface area contributed by atoms with Gasteiger partial charge in [0.25, 0.3) is 0 Å². The molecule has 4 nitrogen and oxygen atoms in total. The molecule has 19 heavy (non-hydrogen) atoms. The van der Waals surface area contributed by atoms with Gasteiger partial charge in [-0.1, -0.05) is 15.9 Å². The fourth-order valence-corrected chi connectivity index (χ4v) is 4.25. The summed E-state index contributed by atoms with van der Waals surface area (Å²) in [5, 5.41) is 0. The summed E-state index contributed by atoms with van der Waals surface area (Å²) >= 11 is 3.58. The maximum absolute atomic E-state index is 11.9. The number of nitrogens with zero attached hydrogens (tertiary/aromatic N) is 1. The number of rotatable bonds is 6. The van der Waals surface area contributed by atoms with Gasteiger partial charge in [0.15, 0.2) is 0 Å². The zero-order valence-corrected chi connectivity index (χ0v) is 13.2. The molecule has 1 fully saturated rings. The Balaban J connectivity index is 1.76. The van der Waals surface area contributed by atoms with E-state index in [1.165, 1.54) is 0 Å². The van der Waals surface area contributed by atoms with Crippen molar-refractivity contribution in [1.29, 1.82) is 0 Å². The zero-order valence-electron chi connectivity index (χ0n) is 10.8. The van der Waals surface area contributed by atoms with Crippen LogP contribution < -0.4 is 4.72 Å². The molecule has 1 saturated carbocycles. The van der Waals surface area contributed by atoms with Gasteiger partial charge in [0.2, 0.25) is 10.0 Å². The highest BCUT2D eigenvalue weighted by Crippen LogP contribution is 2.30. The largest absolute Gasteiger partial charge is 0.265 e. The molecule has 1 aliphatic rings. The van der Waals surface area contributed by atoms with Crippen molar-refractivity contribution >= 4 is 26.0 Å². The van der Waals surface area contributed by atoms with Crippen molar-refractivity contribution in [2.75, 3.05) is 12.3 Å². The van der Waals surface area contributed by atoms with Gasteiger partial charge in [-0.05, 0) is 49.3 Å². The summed E-state index contributed by atoms with van der Waals surface area (Å²) in [7, 11) is -3.17. The Labute approximate surface area is 123 Å². The van der Waals surface area contributed by atoms with E-state index in [0.29, 0.717) is 23.7 Å². The molecule has 2 unspecified atom stereocenters. The molecule has 0 radical (unpaired) electrons. The van der Waals surface area contributed by atoms with Gasteiger partial charge >= 0.3 is 0 Å². The Hall–Kier alpha value is -0.460. The summed E-state index contributed by atoms with van der Waals surface area (Å²) in [6, 6.07) is 3.70. The molecule has 1 aromatic rings. The summed E-state index contributed by atoms with van der Waals surface area (Å²) in [6.45, 7) is 0.570. The summed E-state index contributed by atoms with van der Waals surface area (Å²) in [6.07, 6.45) is 7.21. The average molecular weight is 347 g/mol. The van der Waals surface area contributed by atoms with Crippen molar-refractivity contribution in [3.63, 3.8) is 0 Å². The quantitative estimate of drug-likeness (QED) is 0.802. The van der Waals surface area contributed by atoms with Gasteiger partial charge < -0.3 is 0 Å². The summed E-state index contributed by atoms with van der Waals surface area (Å²) in [4.78, 5) is 4.47. The van der Waals surface area contributed by atoms with Gasteiger partial charge in [0, 0.05) is 23.8 Å². The first-order chi connectivity index (χ1) is 9.05. The number of sulfonamides is 1. The highest BCUT2D eigenvalue weighted by atomic mass is 79.9. The van der Waals surface area contributed by atoms with Gasteiger partial charge in [-0.3, -0.25) is 4.98 Å². The number of hydrogen-bond acceptors (Lipinski definition) is 3. The smallest absolute Gasteiger partial charge is 0.211 e. The summed E-state index contributed by atoms with van der Waals surface area (Å²) in [5.74, 6) is 0.613. The van der Waals surface area contributed by atoms with Gasteiger partial charge in [-0.2, -0.15) is 0 Å². The maximum Gasteiger partial charge on any atom is 0.211 e. The summed E-state index contributed by atoms with van der Waals surface area (Å²) in [5.41, 5.74) is 1.00. The highest BCUT2D eigenvalue weighted by Gasteiger charge is 2.23. The Bertz CT molecular complexity index is 493. The molecular weight excluding hydrogens is 328 g/mol. The van der Waals surface area contributed by atoms with E-state index in [9.17, 15) is 8.42 Å². The number of halogens is 1. The fourth-order valence-electron chi connectivity index (χ4n) is 2.32. The van der Waals surface area contributed by atoms with Crippen molar-refractivity contribution in [1.82, 2.24) is 9.71 Å². The first-order valence-electron chi connectivity index (χ1n) is 6.55. The molecule has 2 atom stereocenters. The molecule has 0 spiro atoms. The minimum atomic E-state index is -3.17. The standard InChI is InChI=1S/C13H19BrN2O2S/c14-13-2-1-12(9-13)10-16-19(17,18)8-5-11-3-6-15-7-4-11/h3-4,6-7,12-13,16H,1-2,5,8-10H2. The lowest BCUT2D eigenvalue weighted by Gasteiger charge is -2.11. The molecule has 2 rings (SSSR count). The number of alkyl halides is 1. The van der Waals surface area contributed by atoms with E-state index in [4.69, 9.17) is 0 Å². The number of aromatic nitrogens is 1. The third kappa shape index (κ3) is 5.20. The predicted molar refractivity (Wildman–Crippen MR) is 79.8 cm³/mol. The molecule has 0 bridgehead atoms. The number of pyridine rings is 1. The Morgan fingerprint density at radius 3 is 2.68 bits per heavy atom. The normalized spacial score (nSPS) is 23.6. The van der Waals surface area contributed by atoms with E-state index in [-0.39, 0.29) is 5.75 Å². The predicted octanol–water partition coefficient (Wildman–Crippen LogP) is 2.11.